The van der Waals surface area contributed by atoms with Crippen molar-refractivity contribution in [3.05, 3.63) is 33.7 Å². The zero-order valence-electron chi connectivity index (χ0n) is 11.4. The Kier molecular flexibility index (Phi) is 2.96. The van der Waals surface area contributed by atoms with Gasteiger partial charge in [-0.1, -0.05) is 23.2 Å². The molecule has 21 heavy (non-hydrogen) atoms. The molecule has 3 aromatic heterocycles. The first-order valence-electron chi connectivity index (χ1n) is 6.74. The van der Waals surface area contributed by atoms with Crippen LogP contribution in [0.5, 0.6) is 0 Å². The number of nitrogens with zero attached hydrogens (tertiary/aromatic N) is 3. The lowest BCUT2D eigenvalue weighted by molar-refractivity contribution is 0.641. The van der Waals surface area contributed by atoms with Crippen molar-refractivity contribution in [1.82, 2.24) is 25.1 Å². The van der Waals surface area contributed by atoms with Crippen LogP contribution in [0.3, 0.4) is 0 Å². The molecule has 3 aromatic rings. The van der Waals surface area contributed by atoms with Gasteiger partial charge in [0.15, 0.2) is 5.15 Å². The third kappa shape index (κ3) is 1.96. The Morgan fingerprint density at radius 2 is 2.19 bits per heavy atom. The second-order valence-corrected chi connectivity index (χ2v) is 5.93. The zero-order chi connectivity index (χ0) is 14.6. The van der Waals surface area contributed by atoms with Crippen molar-refractivity contribution >= 4 is 34.1 Å². The van der Waals surface area contributed by atoms with Crippen molar-refractivity contribution < 1.29 is 0 Å². The molecule has 0 bridgehead atoms. The van der Waals surface area contributed by atoms with E-state index in [0.717, 1.165) is 41.8 Å². The van der Waals surface area contributed by atoms with Crippen molar-refractivity contribution in [2.45, 2.75) is 13.0 Å². The molecule has 0 spiro atoms. The first-order chi connectivity index (χ1) is 10.1. The second-order valence-electron chi connectivity index (χ2n) is 5.20. The number of hydrogen-bond donors (Lipinski definition) is 2. The van der Waals surface area contributed by atoms with Crippen LogP contribution in [-0.2, 0) is 20.0 Å². The Labute approximate surface area is 131 Å². The van der Waals surface area contributed by atoms with Gasteiger partial charge in [-0.25, -0.2) is 4.98 Å². The molecule has 0 saturated heterocycles. The fraction of sp³-hybridized carbons (Fsp3) is 0.286. The minimum absolute atomic E-state index is 0.302. The van der Waals surface area contributed by atoms with Gasteiger partial charge in [0.25, 0.3) is 0 Å². The zero-order valence-corrected chi connectivity index (χ0v) is 12.9. The molecular weight excluding hydrogens is 309 g/mol. The number of aromatic nitrogens is 4. The Hall–Kier alpha value is -1.56. The van der Waals surface area contributed by atoms with Crippen molar-refractivity contribution in [2.24, 2.45) is 7.05 Å². The molecule has 0 aliphatic carbocycles. The van der Waals surface area contributed by atoms with E-state index in [4.69, 9.17) is 23.2 Å². The van der Waals surface area contributed by atoms with Gasteiger partial charge in [-0.15, -0.1) is 0 Å². The van der Waals surface area contributed by atoms with Crippen molar-refractivity contribution in [1.29, 1.82) is 0 Å². The summed E-state index contributed by atoms with van der Waals surface area (Å²) >= 11 is 12.5. The molecule has 0 unspecified atom stereocenters. The number of aryl methyl sites for hydroxylation is 1. The van der Waals surface area contributed by atoms with E-state index >= 15 is 0 Å². The smallest absolute Gasteiger partial charge is 0.150 e. The molecule has 1 aliphatic heterocycles. The van der Waals surface area contributed by atoms with Crippen molar-refractivity contribution in [3.63, 3.8) is 0 Å². The average Bonchev–Trinajstić information content (AvgIpc) is 3.07. The molecule has 0 fully saturated rings. The van der Waals surface area contributed by atoms with E-state index in [-0.39, 0.29) is 0 Å². The summed E-state index contributed by atoms with van der Waals surface area (Å²) in [4.78, 5) is 7.89. The second kappa shape index (κ2) is 4.73. The molecule has 5 nitrogen and oxygen atoms in total. The minimum Gasteiger partial charge on any atom is -0.357 e. The van der Waals surface area contributed by atoms with E-state index in [0.29, 0.717) is 10.2 Å². The van der Waals surface area contributed by atoms with Gasteiger partial charge in [-0.2, -0.15) is 5.10 Å². The third-order valence-electron chi connectivity index (χ3n) is 3.85. The molecular formula is C14H13Cl2N5. The Balaban J connectivity index is 2.10. The summed E-state index contributed by atoms with van der Waals surface area (Å²) in [6.45, 7) is 1.76. The van der Waals surface area contributed by atoms with Gasteiger partial charge in [0.1, 0.15) is 16.4 Å². The molecule has 0 aromatic carbocycles. The third-order valence-corrected chi connectivity index (χ3v) is 4.59. The van der Waals surface area contributed by atoms with Crippen LogP contribution in [0.1, 0.15) is 11.3 Å². The van der Waals surface area contributed by atoms with Gasteiger partial charge in [0.05, 0.1) is 5.52 Å². The molecule has 0 radical (unpaired) electrons. The summed E-state index contributed by atoms with van der Waals surface area (Å²) in [6.07, 6.45) is 2.84. The highest BCUT2D eigenvalue weighted by Gasteiger charge is 2.23. The van der Waals surface area contributed by atoms with Crippen LogP contribution in [0.2, 0.25) is 10.2 Å². The molecule has 1 aliphatic rings. The van der Waals surface area contributed by atoms with Gasteiger partial charge in [-0.3, -0.25) is 4.68 Å². The number of H-pyrrole nitrogens is 1. The number of nitrogens with one attached hydrogen (secondary N) is 2. The lowest BCUT2D eigenvalue weighted by Crippen LogP contribution is -2.23. The summed E-state index contributed by atoms with van der Waals surface area (Å²) in [5.41, 5.74) is 4.84. The Morgan fingerprint density at radius 1 is 1.33 bits per heavy atom. The number of hydrogen-bond acceptors (Lipinski definition) is 3. The van der Waals surface area contributed by atoms with E-state index in [1.54, 1.807) is 4.68 Å². The van der Waals surface area contributed by atoms with Gasteiger partial charge < -0.3 is 10.3 Å². The maximum absolute atomic E-state index is 6.34. The van der Waals surface area contributed by atoms with Crippen molar-refractivity contribution in [3.8, 4) is 11.4 Å². The number of pyridine rings is 1. The van der Waals surface area contributed by atoms with E-state index in [2.05, 4.69) is 20.4 Å². The topological polar surface area (TPSA) is 58.5 Å². The van der Waals surface area contributed by atoms with Gasteiger partial charge in [0.2, 0.25) is 0 Å². The van der Waals surface area contributed by atoms with E-state index in [1.165, 1.54) is 11.3 Å². The van der Waals surface area contributed by atoms with Gasteiger partial charge >= 0.3 is 0 Å². The van der Waals surface area contributed by atoms with Crippen LogP contribution in [0, 0.1) is 0 Å². The number of halogens is 2. The normalized spacial score (nSPS) is 14.6. The summed E-state index contributed by atoms with van der Waals surface area (Å²) in [5.74, 6) is 0. The Morgan fingerprint density at radius 3 is 2.95 bits per heavy atom. The minimum atomic E-state index is 0.302. The van der Waals surface area contributed by atoms with Crippen molar-refractivity contribution in [2.75, 3.05) is 6.54 Å². The lowest BCUT2D eigenvalue weighted by atomic mass is 10.0. The predicted molar refractivity (Wildman–Crippen MR) is 83.7 cm³/mol. The standard InChI is InChI=1S/C14H13Cl2N5/c1-21-5-3-9(20-21)12-10-7-6-17-4-2-8(7)18-13(10)11(15)14(16)19-12/h3,5,17-18H,2,4,6H2,1H3. The first-order valence-corrected chi connectivity index (χ1v) is 7.50. The van der Waals surface area contributed by atoms with Crippen LogP contribution < -0.4 is 5.32 Å². The maximum atomic E-state index is 6.34. The van der Waals surface area contributed by atoms with Crippen LogP contribution >= 0.6 is 23.2 Å². The fourth-order valence-corrected chi connectivity index (χ4v) is 3.25. The predicted octanol–water partition coefficient (Wildman–Crippen LogP) is 2.92. The van der Waals surface area contributed by atoms with E-state index < -0.39 is 0 Å². The average molecular weight is 322 g/mol. The van der Waals surface area contributed by atoms with Crippen LogP contribution in [-0.4, -0.2) is 26.3 Å². The van der Waals surface area contributed by atoms with Crippen LogP contribution in [0.25, 0.3) is 22.3 Å². The van der Waals surface area contributed by atoms with Gasteiger partial charge in [-0.05, 0) is 11.6 Å². The summed E-state index contributed by atoms with van der Waals surface area (Å²) < 4.78 is 1.75. The van der Waals surface area contributed by atoms with Gasteiger partial charge in [0, 0.05) is 43.8 Å². The molecule has 7 heteroatoms. The highest BCUT2D eigenvalue weighted by atomic mass is 35.5. The van der Waals surface area contributed by atoms with Crippen LogP contribution in [0.4, 0.5) is 0 Å². The Bertz CT molecular complexity index is 849. The maximum Gasteiger partial charge on any atom is 0.150 e. The molecule has 0 saturated carbocycles. The molecule has 4 heterocycles. The SMILES string of the molecule is Cn1ccc(-c2nc(Cl)c(Cl)c3[nH]c4c(c23)CNCC4)n1. The summed E-state index contributed by atoms with van der Waals surface area (Å²) in [7, 11) is 1.88. The van der Waals surface area contributed by atoms with E-state index in [1.807, 2.05) is 19.3 Å². The number of aromatic amines is 1. The fourth-order valence-electron chi connectivity index (χ4n) is 2.88. The summed E-state index contributed by atoms with van der Waals surface area (Å²) in [5, 5.41) is 9.63. The molecule has 0 atom stereocenters. The van der Waals surface area contributed by atoms with E-state index in [9.17, 15) is 0 Å². The molecule has 108 valence electrons. The number of fused-ring (bicyclic) bond motifs is 3. The highest BCUT2D eigenvalue weighted by Crippen LogP contribution is 2.38. The monoisotopic (exact) mass is 321 g/mol. The lowest BCUT2D eigenvalue weighted by Gasteiger charge is -2.13. The summed E-state index contributed by atoms with van der Waals surface area (Å²) in [6, 6.07) is 1.93. The molecule has 4 rings (SSSR count). The number of rotatable bonds is 1. The largest absolute Gasteiger partial charge is 0.357 e. The van der Waals surface area contributed by atoms with Crippen LogP contribution in [0.15, 0.2) is 12.3 Å². The first kappa shape index (κ1) is 13.1. The highest BCUT2D eigenvalue weighted by molar-refractivity contribution is 6.44. The molecule has 2 N–H and O–H groups in total. The quantitative estimate of drug-likeness (QED) is 0.677. The molecule has 0 amide bonds.